The lowest BCUT2D eigenvalue weighted by Crippen LogP contribution is -2.10. The Kier molecular flexibility index (Phi) is 2.51. The molecule has 106 valence electrons. The van der Waals surface area contributed by atoms with E-state index in [1.165, 1.54) is 5.56 Å². The molecular formula is C16H16N4O. The number of aryl methyl sites for hydroxylation is 2. The summed E-state index contributed by atoms with van der Waals surface area (Å²) in [6.45, 7) is 3.79. The minimum atomic E-state index is 0.00544. The molecule has 1 aliphatic rings. The Balaban J connectivity index is 1.76. The molecule has 21 heavy (non-hydrogen) atoms. The van der Waals surface area contributed by atoms with Crippen LogP contribution in [0.15, 0.2) is 34.9 Å². The van der Waals surface area contributed by atoms with Gasteiger partial charge in [0.15, 0.2) is 5.82 Å². The molecule has 3 aromatic rings. The van der Waals surface area contributed by atoms with E-state index in [0.29, 0.717) is 5.82 Å². The molecule has 1 saturated carbocycles. The summed E-state index contributed by atoms with van der Waals surface area (Å²) in [5.41, 5.74) is 3.02. The molecule has 0 radical (unpaired) electrons. The number of hydrogen-bond acceptors (Lipinski definition) is 4. The molecule has 2 heterocycles. The summed E-state index contributed by atoms with van der Waals surface area (Å²) >= 11 is 0. The number of aromatic nitrogens is 4. The Morgan fingerprint density at radius 3 is 2.52 bits per heavy atom. The summed E-state index contributed by atoms with van der Waals surface area (Å²) in [6, 6.07) is 10.5. The van der Waals surface area contributed by atoms with Crippen LogP contribution in [0, 0.1) is 13.8 Å². The highest BCUT2D eigenvalue weighted by atomic mass is 16.5. The fraction of sp³-hybridized carbons (Fsp3) is 0.312. The van der Waals surface area contributed by atoms with Crippen molar-refractivity contribution < 1.29 is 4.52 Å². The summed E-state index contributed by atoms with van der Waals surface area (Å²) in [5.74, 6) is 2.36. The van der Waals surface area contributed by atoms with Crippen LogP contribution in [0.5, 0.6) is 0 Å². The highest BCUT2D eigenvalue weighted by molar-refractivity contribution is 5.60. The van der Waals surface area contributed by atoms with Crippen LogP contribution in [-0.4, -0.2) is 20.3 Å². The smallest absolute Gasteiger partial charge is 0.186 e. The lowest BCUT2D eigenvalue weighted by atomic mass is 9.95. The van der Waals surface area contributed by atoms with Crippen molar-refractivity contribution in [2.75, 3.05) is 0 Å². The molecule has 5 heteroatoms. The molecule has 0 atom stereocenters. The van der Waals surface area contributed by atoms with E-state index in [2.05, 4.69) is 39.6 Å². The first-order valence-corrected chi connectivity index (χ1v) is 7.12. The topological polar surface area (TPSA) is 67.6 Å². The molecular weight excluding hydrogens is 264 g/mol. The Bertz CT molecular complexity index is 764. The number of aromatic amines is 1. The zero-order valence-electron chi connectivity index (χ0n) is 12.1. The average Bonchev–Trinajstić information content (AvgIpc) is 3.06. The van der Waals surface area contributed by atoms with E-state index in [-0.39, 0.29) is 5.41 Å². The van der Waals surface area contributed by atoms with Crippen LogP contribution in [0.4, 0.5) is 0 Å². The predicted octanol–water partition coefficient (Wildman–Crippen LogP) is 3.16. The minimum Gasteiger partial charge on any atom is -0.361 e. The molecule has 1 aromatic carbocycles. The van der Waals surface area contributed by atoms with E-state index in [4.69, 9.17) is 9.51 Å². The molecule has 2 aromatic heterocycles. The summed E-state index contributed by atoms with van der Waals surface area (Å²) in [4.78, 5) is 4.72. The van der Waals surface area contributed by atoms with Crippen molar-refractivity contribution in [3.8, 4) is 11.4 Å². The second-order valence-corrected chi connectivity index (χ2v) is 5.65. The quantitative estimate of drug-likeness (QED) is 0.800. The molecule has 5 nitrogen and oxygen atoms in total. The highest BCUT2D eigenvalue weighted by Gasteiger charge is 2.48. The van der Waals surface area contributed by atoms with Gasteiger partial charge in [0.1, 0.15) is 11.6 Å². The zero-order valence-corrected chi connectivity index (χ0v) is 12.1. The first-order chi connectivity index (χ1) is 10.2. The number of rotatable bonds is 3. The minimum absolute atomic E-state index is 0.00544. The summed E-state index contributed by atoms with van der Waals surface area (Å²) in [5, 5.41) is 11.5. The van der Waals surface area contributed by atoms with Crippen molar-refractivity contribution in [2.24, 2.45) is 0 Å². The van der Waals surface area contributed by atoms with E-state index >= 15 is 0 Å². The SMILES string of the molecule is Cc1noc(C)c1-c1n[nH]c(C2(c3ccccc3)CC2)n1. The second-order valence-electron chi connectivity index (χ2n) is 5.65. The largest absolute Gasteiger partial charge is 0.361 e. The molecule has 1 aliphatic carbocycles. The lowest BCUT2D eigenvalue weighted by molar-refractivity contribution is 0.393. The first-order valence-electron chi connectivity index (χ1n) is 7.12. The fourth-order valence-corrected chi connectivity index (χ4v) is 2.93. The van der Waals surface area contributed by atoms with Gasteiger partial charge in [-0.3, -0.25) is 5.10 Å². The standard InChI is InChI=1S/C16H16N4O/c1-10-13(11(2)21-20-10)14-17-15(19-18-14)16(8-9-16)12-6-4-3-5-7-12/h3-7H,8-9H2,1-2H3,(H,17,18,19). The van der Waals surface area contributed by atoms with Gasteiger partial charge in [-0.2, -0.15) is 5.10 Å². The summed E-state index contributed by atoms with van der Waals surface area (Å²) < 4.78 is 5.20. The molecule has 1 N–H and O–H groups in total. The Labute approximate surface area is 122 Å². The molecule has 0 aliphatic heterocycles. The van der Waals surface area contributed by atoms with Gasteiger partial charge in [0, 0.05) is 0 Å². The lowest BCUT2D eigenvalue weighted by Gasteiger charge is -2.11. The first kappa shape index (κ1) is 12.3. The Morgan fingerprint density at radius 2 is 1.90 bits per heavy atom. The molecule has 4 rings (SSSR count). The third-order valence-electron chi connectivity index (χ3n) is 4.27. The van der Waals surface area contributed by atoms with Crippen molar-refractivity contribution in [3.63, 3.8) is 0 Å². The molecule has 0 saturated heterocycles. The van der Waals surface area contributed by atoms with Gasteiger partial charge >= 0.3 is 0 Å². The van der Waals surface area contributed by atoms with Gasteiger partial charge in [0.25, 0.3) is 0 Å². The average molecular weight is 280 g/mol. The second kappa shape index (κ2) is 4.28. The molecule has 0 unspecified atom stereocenters. The predicted molar refractivity (Wildman–Crippen MR) is 77.8 cm³/mol. The van der Waals surface area contributed by atoms with E-state index in [0.717, 1.165) is 35.7 Å². The monoisotopic (exact) mass is 280 g/mol. The van der Waals surface area contributed by atoms with Gasteiger partial charge in [0.2, 0.25) is 0 Å². The fourth-order valence-electron chi connectivity index (χ4n) is 2.93. The highest BCUT2D eigenvalue weighted by Crippen LogP contribution is 2.52. The van der Waals surface area contributed by atoms with Gasteiger partial charge in [-0.15, -0.1) is 0 Å². The maximum absolute atomic E-state index is 5.20. The van der Waals surface area contributed by atoms with E-state index in [1.54, 1.807) is 0 Å². The molecule has 0 amide bonds. The van der Waals surface area contributed by atoms with Crippen LogP contribution in [0.1, 0.15) is 35.7 Å². The van der Waals surface area contributed by atoms with Crippen molar-refractivity contribution in [1.29, 1.82) is 0 Å². The maximum atomic E-state index is 5.20. The summed E-state index contributed by atoms with van der Waals surface area (Å²) in [7, 11) is 0. The van der Waals surface area contributed by atoms with Crippen molar-refractivity contribution in [2.45, 2.75) is 32.1 Å². The van der Waals surface area contributed by atoms with E-state index in [9.17, 15) is 0 Å². The van der Waals surface area contributed by atoms with Gasteiger partial charge in [-0.1, -0.05) is 35.5 Å². The third kappa shape index (κ3) is 1.81. The van der Waals surface area contributed by atoms with Crippen molar-refractivity contribution in [1.82, 2.24) is 20.3 Å². The van der Waals surface area contributed by atoms with Crippen molar-refractivity contribution >= 4 is 0 Å². The van der Waals surface area contributed by atoms with Crippen LogP contribution in [-0.2, 0) is 5.41 Å². The van der Waals surface area contributed by atoms with E-state index < -0.39 is 0 Å². The maximum Gasteiger partial charge on any atom is 0.186 e. The van der Waals surface area contributed by atoms with Crippen LogP contribution in [0.2, 0.25) is 0 Å². The summed E-state index contributed by atoms with van der Waals surface area (Å²) in [6.07, 6.45) is 2.21. The number of hydrogen-bond donors (Lipinski definition) is 1. The Morgan fingerprint density at radius 1 is 1.14 bits per heavy atom. The van der Waals surface area contributed by atoms with Crippen LogP contribution in [0.25, 0.3) is 11.4 Å². The molecule has 1 fully saturated rings. The van der Waals surface area contributed by atoms with Crippen LogP contribution < -0.4 is 0 Å². The van der Waals surface area contributed by atoms with Gasteiger partial charge in [0.05, 0.1) is 16.7 Å². The van der Waals surface area contributed by atoms with Gasteiger partial charge in [-0.05, 0) is 32.3 Å². The molecule has 0 spiro atoms. The van der Waals surface area contributed by atoms with Crippen LogP contribution in [0.3, 0.4) is 0 Å². The number of nitrogens with zero attached hydrogens (tertiary/aromatic N) is 3. The van der Waals surface area contributed by atoms with Gasteiger partial charge < -0.3 is 4.52 Å². The molecule has 0 bridgehead atoms. The number of nitrogens with one attached hydrogen (secondary N) is 1. The normalized spacial score (nSPS) is 16.1. The zero-order chi connectivity index (χ0) is 14.4. The number of benzene rings is 1. The number of H-pyrrole nitrogens is 1. The van der Waals surface area contributed by atoms with Crippen molar-refractivity contribution in [3.05, 3.63) is 53.2 Å². The Hall–Kier alpha value is -2.43. The van der Waals surface area contributed by atoms with E-state index in [1.807, 2.05) is 19.9 Å². The third-order valence-corrected chi connectivity index (χ3v) is 4.27. The van der Waals surface area contributed by atoms with Crippen LogP contribution >= 0.6 is 0 Å². The van der Waals surface area contributed by atoms with Gasteiger partial charge in [-0.25, -0.2) is 4.98 Å².